The standard InChI is InChI=1S/C11H12N2O2.C6H13NO2.C4H8N2O3.C4H7NO4/c12-9(11(14)15)5-7-6-13-10-4-2-1-3-8(7)10;1-4(2)3-5(7)6(8)9;2*5-2(4(8)9)1-3(6)7/h1-4,6,9,13H,5,12H2,(H,14,15);4-5H,3,7H2,1-2H3,(H,8,9);2H,1,5H2,(H2,6,7)(H,8,9);2H,1,5H2,(H,6,7)(H,8,9)/t9-;5-;2*2-/m0000/s1. The Morgan fingerprint density at radius 1 is 0.714 bits per heavy atom. The van der Waals surface area contributed by atoms with Gasteiger partial charge in [0.25, 0.3) is 0 Å². The number of carboxylic acid groups (broad SMARTS) is 5. The number of H-pyrrole nitrogens is 1. The summed E-state index contributed by atoms with van der Waals surface area (Å²) in [6.07, 6.45) is 1.87. The van der Waals surface area contributed by atoms with Crippen molar-refractivity contribution in [1.82, 2.24) is 4.98 Å². The van der Waals surface area contributed by atoms with E-state index < -0.39 is 66.3 Å². The first-order valence-electron chi connectivity index (χ1n) is 12.3. The third kappa shape index (κ3) is 18.7. The molecular weight excluding hydrogens is 560 g/mol. The smallest absolute Gasteiger partial charge is 0.321 e. The quantitative estimate of drug-likeness (QED) is 0.135. The predicted molar refractivity (Wildman–Crippen MR) is 150 cm³/mol. The number of rotatable bonds is 12. The lowest BCUT2D eigenvalue weighted by Crippen LogP contribution is -2.34. The average Bonchev–Trinajstić information content (AvgIpc) is 3.26. The average molecular weight is 601 g/mol. The van der Waals surface area contributed by atoms with Gasteiger partial charge in [-0.1, -0.05) is 32.0 Å². The third-order valence-corrected chi connectivity index (χ3v) is 4.92. The first-order chi connectivity index (χ1) is 19.3. The molecule has 0 unspecified atom stereocenters. The van der Waals surface area contributed by atoms with Gasteiger partial charge in [-0.3, -0.25) is 28.8 Å². The van der Waals surface area contributed by atoms with Gasteiger partial charge in [0.2, 0.25) is 5.91 Å². The molecule has 0 aliphatic carbocycles. The Balaban J connectivity index is 0. The van der Waals surface area contributed by atoms with Gasteiger partial charge in [0.05, 0.1) is 12.8 Å². The van der Waals surface area contributed by atoms with E-state index in [0.29, 0.717) is 18.8 Å². The predicted octanol–water partition coefficient (Wildman–Crippen LogP) is -1.29. The van der Waals surface area contributed by atoms with E-state index in [0.717, 1.165) is 16.5 Å². The number of nitrogens with one attached hydrogen (secondary N) is 1. The van der Waals surface area contributed by atoms with Crippen molar-refractivity contribution in [1.29, 1.82) is 0 Å². The molecule has 4 atom stereocenters. The molecule has 0 bridgehead atoms. The van der Waals surface area contributed by atoms with Crippen molar-refractivity contribution in [3.05, 3.63) is 36.0 Å². The molecule has 1 aromatic carbocycles. The highest BCUT2D eigenvalue weighted by Crippen LogP contribution is 2.18. The summed E-state index contributed by atoms with van der Waals surface area (Å²) in [6, 6.07) is 3.77. The lowest BCUT2D eigenvalue weighted by molar-refractivity contribution is -0.144. The monoisotopic (exact) mass is 600 g/mol. The van der Waals surface area contributed by atoms with E-state index >= 15 is 0 Å². The molecule has 42 heavy (non-hydrogen) atoms. The van der Waals surface area contributed by atoms with Gasteiger partial charge in [-0.15, -0.1) is 0 Å². The highest BCUT2D eigenvalue weighted by Gasteiger charge is 2.16. The molecule has 0 saturated carbocycles. The molecule has 0 spiro atoms. The van der Waals surface area contributed by atoms with Crippen LogP contribution in [0.2, 0.25) is 0 Å². The number of carboxylic acids is 5. The molecule has 0 saturated heterocycles. The van der Waals surface area contributed by atoms with Crippen LogP contribution in [0.1, 0.15) is 38.7 Å². The van der Waals surface area contributed by atoms with Crippen molar-refractivity contribution in [2.75, 3.05) is 0 Å². The number of hydrogen-bond acceptors (Lipinski definition) is 10. The van der Waals surface area contributed by atoms with Crippen LogP contribution in [-0.2, 0) is 35.2 Å². The summed E-state index contributed by atoms with van der Waals surface area (Å²) in [7, 11) is 0. The van der Waals surface area contributed by atoms with Crippen molar-refractivity contribution in [3.63, 3.8) is 0 Å². The Bertz CT molecular complexity index is 1150. The van der Waals surface area contributed by atoms with Gasteiger partial charge in [-0.05, 0) is 24.0 Å². The molecule has 1 amide bonds. The van der Waals surface area contributed by atoms with E-state index in [1.165, 1.54) is 0 Å². The van der Waals surface area contributed by atoms with Crippen molar-refractivity contribution >= 4 is 46.7 Å². The number of para-hydroxylation sites is 1. The van der Waals surface area contributed by atoms with Crippen molar-refractivity contribution in [3.8, 4) is 0 Å². The summed E-state index contributed by atoms with van der Waals surface area (Å²) in [5.74, 6) is -5.94. The number of hydrogen-bond donors (Lipinski definition) is 11. The van der Waals surface area contributed by atoms with E-state index in [1.807, 2.05) is 44.3 Å². The van der Waals surface area contributed by atoms with Gasteiger partial charge in [-0.25, -0.2) is 0 Å². The number of amides is 1. The van der Waals surface area contributed by atoms with E-state index in [2.05, 4.69) is 10.7 Å². The Hall–Kier alpha value is -4.58. The number of aliphatic carboxylic acids is 5. The fraction of sp³-hybridized carbons (Fsp3) is 0.440. The zero-order valence-corrected chi connectivity index (χ0v) is 23.2. The highest BCUT2D eigenvalue weighted by atomic mass is 16.4. The molecule has 1 heterocycles. The number of aromatic nitrogens is 1. The van der Waals surface area contributed by atoms with Gasteiger partial charge in [0.15, 0.2) is 0 Å². The minimum atomic E-state index is -1.29. The molecule has 1 aromatic heterocycles. The van der Waals surface area contributed by atoms with Crippen LogP contribution in [0.4, 0.5) is 0 Å². The Morgan fingerprint density at radius 3 is 1.50 bits per heavy atom. The third-order valence-electron chi connectivity index (χ3n) is 4.92. The van der Waals surface area contributed by atoms with E-state index in [9.17, 15) is 28.8 Å². The number of fused-ring (bicyclic) bond motifs is 1. The number of primary amides is 1. The van der Waals surface area contributed by atoms with Crippen LogP contribution in [0.25, 0.3) is 10.9 Å². The second-order valence-electron chi connectivity index (χ2n) is 9.24. The number of benzene rings is 1. The normalized spacial score (nSPS) is 12.9. The molecule has 2 rings (SSSR count). The van der Waals surface area contributed by atoms with Crippen LogP contribution in [0, 0.1) is 5.92 Å². The first-order valence-corrected chi connectivity index (χ1v) is 12.3. The minimum absolute atomic E-state index is 0.310. The maximum Gasteiger partial charge on any atom is 0.321 e. The van der Waals surface area contributed by atoms with Gasteiger partial charge >= 0.3 is 29.8 Å². The van der Waals surface area contributed by atoms with Crippen LogP contribution in [0.5, 0.6) is 0 Å². The molecule has 0 fully saturated rings. The summed E-state index contributed by atoms with van der Waals surface area (Å²) in [4.78, 5) is 63.3. The van der Waals surface area contributed by atoms with E-state index in [1.54, 1.807) is 0 Å². The summed E-state index contributed by atoms with van der Waals surface area (Å²) >= 11 is 0. The fourth-order valence-corrected chi connectivity index (χ4v) is 2.81. The second kappa shape index (κ2) is 20.3. The lowest BCUT2D eigenvalue weighted by Gasteiger charge is -2.07. The van der Waals surface area contributed by atoms with Gasteiger partial charge in [0, 0.05) is 23.5 Å². The topological polar surface area (TPSA) is 349 Å². The van der Waals surface area contributed by atoms with Crippen LogP contribution in [0.15, 0.2) is 30.5 Å². The lowest BCUT2D eigenvalue weighted by atomic mass is 10.1. The van der Waals surface area contributed by atoms with Crippen molar-refractivity contribution in [2.45, 2.75) is 63.7 Å². The Labute approximate surface area is 240 Å². The van der Waals surface area contributed by atoms with Gasteiger partial charge in [0.1, 0.15) is 24.2 Å². The van der Waals surface area contributed by atoms with E-state index in [4.69, 9.17) is 48.5 Å². The van der Waals surface area contributed by atoms with Crippen LogP contribution in [0.3, 0.4) is 0 Å². The SMILES string of the molecule is CC(C)C[C@H](N)C(=O)O.NC(=O)C[C@H](N)C(=O)O.N[C@@H](CC(=O)O)C(=O)O.N[C@@H](Cc1c[nH]c2ccccc12)C(=O)O. The number of nitrogens with two attached hydrogens (primary N) is 5. The number of carbonyl (C=O) groups is 6. The van der Waals surface area contributed by atoms with Crippen LogP contribution in [-0.4, -0.2) is 90.4 Å². The summed E-state index contributed by atoms with van der Waals surface area (Å²) < 4.78 is 0. The molecule has 236 valence electrons. The maximum atomic E-state index is 10.6. The molecule has 17 heteroatoms. The van der Waals surface area contributed by atoms with Gasteiger partial charge < -0.3 is 59.2 Å². The number of aromatic amines is 1. The largest absolute Gasteiger partial charge is 0.481 e. The Morgan fingerprint density at radius 2 is 1.17 bits per heavy atom. The maximum absolute atomic E-state index is 10.6. The summed E-state index contributed by atoms with van der Waals surface area (Å²) in [6.45, 7) is 3.89. The highest BCUT2D eigenvalue weighted by molar-refractivity contribution is 5.84. The van der Waals surface area contributed by atoms with Crippen LogP contribution >= 0.6 is 0 Å². The molecule has 0 radical (unpaired) electrons. The van der Waals surface area contributed by atoms with Gasteiger partial charge in [-0.2, -0.15) is 0 Å². The van der Waals surface area contributed by atoms with Crippen LogP contribution < -0.4 is 28.7 Å². The number of carbonyl (C=O) groups excluding carboxylic acids is 1. The van der Waals surface area contributed by atoms with Crippen molar-refractivity contribution < 1.29 is 54.3 Å². The summed E-state index contributed by atoms with van der Waals surface area (Å²) in [5, 5.41) is 42.2. The first kappa shape index (κ1) is 39.6. The molecule has 16 N–H and O–H groups in total. The Kier molecular flexibility index (Phi) is 19.1. The fourth-order valence-electron chi connectivity index (χ4n) is 2.81. The molecule has 2 aromatic rings. The molecule has 0 aliphatic heterocycles. The molecular formula is C25H40N6O11. The molecule has 17 nitrogen and oxygen atoms in total. The second-order valence-corrected chi connectivity index (χ2v) is 9.24. The minimum Gasteiger partial charge on any atom is -0.481 e. The van der Waals surface area contributed by atoms with E-state index in [-0.39, 0.29) is 6.42 Å². The zero-order chi connectivity index (χ0) is 33.2. The molecule has 0 aliphatic rings. The zero-order valence-electron chi connectivity index (χ0n) is 23.2. The summed E-state index contributed by atoms with van der Waals surface area (Å²) in [5.41, 5.74) is 27.1. The van der Waals surface area contributed by atoms with Crippen molar-refractivity contribution in [2.24, 2.45) is 34.6 Å².